The van der Waals surface area contributed by atoms with Gasteiger partial charge in [0, 0.05) is 32.7 Å². The van der Waals surface area contributed by atoms with Crippen LogP contribution in [-0.2, 0) is 11.3 Å². The fourth-order valence-electron chi connectivity index (χ4n) is 2.55. The second-order valence-corrected chi connectivity index (χ2v) is 5.68. The lowest BCUT2D eigenvalue weighted by Crippen LogP contribution is -2.47. The molecule has 0 spiro atoms. The molecular formula is C14H21N3O3. The number of rotatable bonds is 4. The van der Waals surface area contributed by atoms with E-state index in [2.05, 4.69) is 24.1 Å². The third-order valence-corrected chi connectivity index (χ3v) is 3.44. The van der Waals surface area contributed by atoms with Gasteiger partial charge >= 0.3 is 0 Å². The molecule has 1 N–H and O–H groups in total. The molecule has 0 bridgehead atoms. The summed E-state index contributed by atoms with van der Waals surface area (Å²) >= 11 is 0. The first kappa shape index (κ1) is 14.7. The van der Waals surface area contributed by atoms with Gasteiger partial charge in [0.25, 0.3) is 5.69 Å². The quantitative estimate of drug-likeness (QED) is 0.676. The van der Waals surface area contributed by atoms with Crippen molar-refractivity contribution < 1.29 is 9.66 Å². The first-order valence-corrected chi connectivity index (χ1v) is 6.73. The van der Waals surface area contributed by atoms with Crippen molar-refractivity contribution >= 4 is 11.4 Å². The highest BCUT2D eigenvalue weighted by atomic mass is 16.6. The van der Waals surface area contributed by atoms with Gasteiger partial charge in [0.2, 0.25) is 0 Å². The molecule has 110 valence electrons. The highest BCUT2D eigenvalue weighted by Gasteiger charge is 2.27. The van der Waals surface area contributed by atoms with Crippen LogP contribution in [0.1, 0.15) is 19.4 Å². The van der Waals surface area contributed by atoms with Crippen molar-refractivity contribution in [3.63, 3.8) is 0 Å². The third-order valence-electron chi connectivity index (χ3n) is 3.44. The van der Waals surface area contributed by atoms with Gasteiger partial charge in [-0.15, -0.1) is 0 Å². The van der Waals surface area contributed by atoms with Gasteiger partial charge in [0.15, 0.2) is 0 Å². The van der Waals surface area contributed by atoms with Crippen molar-refractivity contribution in [1.82, 2.24) is 4.90 Å². The van der Waals surface area contributed by atoms with Crippen molar-refractivity contribution in [2.75, 3.05) is 32.1 Å². The van der Waals surface area contributed by atoms with Crippen LogP contribution in [0.2, 0.25) is 0 Å². The molecule has 1 aromatic carbocycles. The molecule has 0 atom stereocenters. The molecule has 0 unspecified atom stereocenters. The lowest BCUT2D eigenvalue weighted by atomic mass is 10.1. The zero-order chi connectivity index (χ0) is 14.8. The maximum atomic E-state index is 11.1. The third kappa shape index (κ3) is 3.46. The predicted molar refractivity (Wildman–Crippen MR) is 78.0 cm³/mol. The van der Waals surface area contributed by atoms with Gasteiger partial charge in [-0.05, 0) is 25.5 Å². The summed E-state index contributed by atoms with van der Waals surface area (Å²) in [6.45, 7) is 7.21. The van der Waals surface area contributed by atoms with Crippen LogP contribution in [-0.4, -0.2) is 42.2 Å². The number of benzene rings is 1. The maximum absolute atomic E-state index is 11.1. The molecule has 0 radical (unpaired) electrons. The summed E-state index contributed by atoms with van der Waals surface area (Å²) in [6, 6.07) is 5.34. The van der Waals surface area contributed by atoms with Gasteiger partial charge in [-0.25, -0.2) is 0 Å². The van der Waals surface area contributed by atoms with E-state index in [1.807, 2.05) is 6.07 Å². The Morgan fingerprint density at radius 1 is 1.50 bits per heavy atom. The van der Waals surface area contributed by atoms with Crippen LogP contribution in [0.5, 0.6) is 0 Å². The van der Waals surface area contributed by atoms with Gasteiger partial charge in [0.1, 0.15) is 5.69 Å². The van der Waals surface area contributed by atoms with Gasteiger partial charge in [-0.2, -0.15) is 0 Å². The average molecular weight is 279 g/mol. The van der Waals surface area contributed by atoms with Crippen molar-refractivity contribution in [2.24, 2.45) is 0 Å². The second kappa shape index (κ2) is 5.76. The van der Waals surface area contributed by atoms with Gasteiger partial charge < -0.3 is 10.1 Å². The number of morpholine rings is 1. The lowest BCUT2D eigenvalue weighted by molar-refractivity contribution is -0.384. The Morgan fingerprint density at radius 3 is 2.85 bits per heavy atom. The largest absolute Gasteiger partial charge is 0.383 e. The van der Waals surface area contributed by atoms with E-state index in [1.165, 1.54) is 0 Å². The number of nitrogens with zero attached hydrogens (tertiary/aromatic N) is 2. The normalized spacial score (nSPS) is 18.8. The summed E-state index contributed by atoms with van der Waals surface area (Å²) in [5.74, 6) is 0. The minimum atomic E-state index is -0.349. The molecule has 6 heteroatoms. The van der Waals surface area contributed by atoms with Gasteiger partial charge in [-0.3, -0.25) is 15.0 Å². The first-order chi connectivity index (χ1) is 9.41. The Bertz CT molecular complexity index is 502. The van der Waals surface area contributed by atoms with Crippen molar-refractivity contribution in [1.29, 1.82) is 0 Å². The summed E-state index contributed by atoms with van der Waals surface area (Å²) in [7, 11) is 1.69. The monoisotopic (exact) mass is 279 g/mol. The molecule has 1 aliphatic heterocycles. The summed E-state index contributed by atoms with van der Waals surface area (Å²) in [4.78, 5) is 13.0. The van der Waals surface area contributed by atoms with Crippen LogP contribution in [0.15, 0.2) is 18.2 Å². The molecule has 0 aromatic heterocycles. The van der Waals surface area contributed by atoms with Crippen LogP contribution in [0.25, 0.3) is 0 Å². The number of ether oxygens (including phenoxy) is 1. The molecular weight excluding hydrogens is 258 g/mol. The number of hydrogen-bond acceptors (Lipinski definition) is 5. The zero-order valence-corrected chi connectivity index (χ0v) is 12.2. The predicted octanol–water partition coefficient (Wildman–Crippen LogP) is 2.25. The lowest BCUT2D eigenvalue weighted by Gasteiger charge is -2.38. The Morgan fingerprint density at radius 2 is 2.25 bits per heavy atom. The van der Waals surface area contributed by atoms with E-state index in [0.29, 0.717) is 18.8 Å². The first-order valence-electron chi connectivity index (χ1n) is 6.73. The van der Waals surface area contributed by atoms with Crippen molar-refractivity contribution in [3.8, 4) is 0 Å². The number of anilines is 1. The molecule has 1 aromatic rings. The van der Waals surface area contributed by atoms with Crippen LogP contribution >= 0.6 is 0 Å². The molecule has 1 aliphatic rings. The van der Waals surface area contributed by atoms with Crippen LogP contribution < -0.4 is 5.32 Å². The van der Waals surface area contributed by atoms with E-state index in [9.17, 15) is 10.1 Å². The molecule has 20 heavy (non-hydrogen) atoms. The molecule has 1 heterocycles. The summed E-state index contributed by atoms with van der Waals surface area (Å²) in [5, 5.41) is 13.9. The minimum Gasteiger partial charge on any atom is -0.383 e. The molecule has 2 rings (SSSR count). The fourth-order valence-corrected chi connectivity index (χ4v) is 2.55. The summed E-state index contributed by atoms with van der Waals surface area (Å²) in [5.41, 5.74) is 1.46. The van der Waals surface area contributed by atoms with Gasteiger partial charge in [0.05, 0.1) is 17.1 Å². The van der Waals surface area contributed by atoms with Crippen LogP contribution in [0, 0.1) is 10.1 Å². The Kier molecular flexibility index (Phi) is 4.25. The molecule has 0 saturated carbocycles. The SMILES string of the molecule is CNc1ccc(CN2CCOC(C)(C)C2)cc1[N+](=O)[O-]. The second-order valence-electron chi connectivity index (χ2n) is 5.68. The van der Waals surface area contributed by atoms with E-state index in [-0.39, 0.29) is 16.2 Å². The minimum absolute atomic E-state index is 0.123. The molecule has 6 nitrogen and oxygen atoms in total. The molecule has 1 fully saturated rings. The Hall–Kier alpha value is -1.66. The highest BCUT2D eigenvalue weighted by molar-refractivity contribution is 5.62. The smallest absolute Gasteiger partial charge is 0.292 e. The number of hydrogen-bond donors (Lipinski definition) is 1. The standard InChI is InChI=1S/C14H21N3O3/c1-14(2)10-16(6-7-20-14)9-11-4-5-12(15-3)13(8-11)17(18)19/h4-5,8,15H,6-7,9-10H2,1-3H3. The Labute approximate surface area is 118 Å². The van der Waals surface area contributed by atoms with E-state index in [0.717, 1.165) is 18.7 Å². The van der Waals surface area contributed by atoms with Crippen molar-refractivity contribution in [3.05, 3.63) is 33.9 Å². The maximum Gasteiger partial charge on any atom is 0.292 e. The number of nitro benzene ring substituents is 1. The van der Waals surface area contributed by atoms with E-state index in [4.69, 9.17) is 4.74 Å². The van der Waals surface area contributed by atoms with Crippen molar-refractivity contribution in [2.45, 2.75) is 26.0 Å². The topological polar surface area (TPSA) is 67.6 Å². The fraction of sp³-hybridized carbons (Fsp3) is 0.571. The van der Waals surface area contributed by atoms with Gasteiger partial charge in [-0.1, -0.05) is 6.07 Å². The van der Waals surface area contributed by atoms with E-state index < -0.39 is 0 Å². The Balaban J connectivity index is 2.13. The number of nitro groups is 1. The number of nitrogens with one attached hydrogen (secondary N) is 1. The highest BCUT2D eigenvalue weighted by Crippen LogP contribution is 2.26. The zero-order valence-electron chi connectivity index (χ0n) is 12.2. The average Bonchev–Trinajstić information content (AvgIpc) is 2.37. The van der Waals surface area contributed by atoms with E-state index in [1.54, 1.807) is 19.2 Å². The van der Waals surface area contributed by atoms with Crippen LogP contribution in [0.4, 0.5) is 11.4 Å². The molecule has 1 saturated heterocycles. The van der Waals surface area contributed by atoms with E-state index >= 15 is 0 Å². The summed E-state index contributed by atoms with van der Waals surface area (Å²) in [6.07, 6.45) is 0. The molecule has 0 amide bonds. The van der Waals surface area contributed by atoms with Crippen LogP contribution in [0.3, 0.4) is 0 Å². The summed E-state index contributed by atoms with van der Waals surface area (Å²) < 4.78 is 5.67. The molecule has 0 aliphatic carbocycles.